The lowest BCUT2D eigenvalue weighted by Gasteiger charge is -2.45. The van der Waals surface area contributed by atoms with E-state index in [1.54, 1.807) is 0 Å². The molecule has 2 bridgehead atoms. The summed E-state index contributed by atoms with van der Waals surface area (Å²) >= 11 is 3.46. The Hall–Kier alpha value is 0.440. The summed E-state index contributed by atoms with van der Waals surface area (Å²) in [5.74, 6) is 1.31. The first-order valence-electron chi connectivity index (χ1n) is 4.80. The standard InChI is InChI=1S/C10H17BrO/c1-9(2)7-3-4-8(5-7)10(9,12)6-11/h7-8,12H,3-6H2,1-2H3. The van der Waals surface area contributed by atoms with Crippen LogP contribution >= 0.6 is 15.9 Å². The summed E-state index contributed by atoms with van der Waals surface area (Å²) in [5, 5.41) is 11.2. The van der Waals surface area contributed by atoms with Gasteiger partial charge in [-0.15, -0.1) is 0 Å². The molecule has 0 heterocycles. The monoisotopic (exact) mass is 232 g/mol. The van der Waals surface area contributed by atoms with Gasteiger partial charge in [0.05, 0.1) is 5.60 Å². The zero-order chi connectivity index (χ0) is 8.98. The zero-order valence-electron chi connectivity index (χ0n) is 7.81. The fourth-order valence-corrected chi connectivity index (χ4v) is 4.41. The molecule has 1 N–H and O–H groups in total. The first-order chi connectivity index (χ1) is 5.52. The molecule has 0 aromatic rings. The maximum atomic E-state index is 10.5. The first kappa shape index (κ1) is 9.01. The van der Waals surface area contributed by atoms with Crippen LogP contribution in [0.15, 0.2) is 0 Å². The molecule has 0 saturated heterocycles. The van der Waals surface area contributed by atoms with Gasteiger partial charge in [-0.2, -0.15) is 0 Å². The molecule has 0 amide bonds. The van der Waals surface area contributed by atoms with E-state index < -0.39 is 5.60 Å². The van der Waals surface area contributed by atoms with Gasteiger partial charge in [0.1, 0.15) is 0 Å². The molecule has 0 spiro atoms. The van der Waals surface area contributed by atoms with Crippen molar-refractivity contribution >= 4 is 15.9 Å². The topological polar surface area (TPSA) is 20.2 Å². The van der Waals surface area contributed by atoms with Gasteiger partial charge in [-0.3, -0.25) is 0 Å². The van der Waals surface area contributed by atoms with Crippen LogP contribution < -0.4 is 0 Å². The number of aliphatic hydroxyl groups is 1. The summed E-state index contributed by atoms with van der Waals surface area (Å²) in [6.45, 7) is 4.44. The van der Waals surface area contributed by atoms with Crippen molar-refractivity contribution in [3.05, 3.63) is 0 Å². The van der Waals surface area contributed by atoms with Crippen molar-refractivity contribution in [3.63, 3.8) is 0 Å². The van der Waals surface area contributed by atoms with Gasteiger partial charge in [-0.25, -0.2) is 0 Å². The van der Waals surface area contributed by atoms with E-state index in [1.165, 1.54) is 19.3 Å². The second-order valence-electron chi connectivity index (χ2n) is 4.99. The van der Waals surface area contributed by atoms with E-state index in [9.17, 15) is 5.11 Å². The van der Waals surface area contributed by atoms with Gasteiger partial charge in [0.25, 0.3) is 0 Å². The third kappa shape index (κ3) is 0.832. The Morgan fingerprint density at radius 1 is 1.33 bits per heavy atom. The summed E-state index contributed by atoms with van der Waals surface area (Å²) in [5.41, 5.74) is -0.310. The number of alkyl halides is 1. The molecule has 0 aromatic heterocycles. The number of fused-ring (bicyclic) bond motifs is 2. The fourth-order valence-electron chi connectivity index (χ4n) is 3.23. The van der Waals surface area contributed by atoms with Crippen LogP contribution in [0.25, 0.3) is 0 Å². The van der Waals surface area contributed by atoms with E-state index in [1.807, 2.05) is 0 Å². The van der Waals surface area contributed by atoms with Crippen molar-refractivity contribution in [2.45, 2.75) is 38.7 Å². The minimum absolute atomic E-state index is 0.124. The molecule has 0 aliphatic heterocycles. The Morgan fingerprint density at radius 3 is 2.25 bits per heavy atom. The van der Waals surface area contributed by atoms with Crippen LogP contribution in [0.1, 0.15) is 33.1 Å². The summed E-state index contributed by atoms with van der Waals surface area (Å²) in [4.78, 5) is 0. The minimum atomic E-state index is -0.435. The molecule has 2 aliphatic rings. The Labute approximate surface area is 82.7 Å². The minimum Gasteiger partial charge on any atom is -0.388 e. The van der Waals surface area contributed by atoms with Crippen molar-refractivity contribution in [1.82, 2.24) is 0 Å². The number of hydrogen-bond acceptors (Lipinski definition) is 1. The van der Waals surface area contributed by atoms with Crippen molar-refractivity contribution < 1.29 is 5.11 Å². The first-order valence-corrected chi connectivity index (χ1v) is 5.93. The molecule has 0 aromatic carbocycles. The Balaban J connectivity index is 2.34. The van der Waals surface area contributed by atoms with Gasteiger partial charge in [-0.05, 0) is 36.5 Å². The quantitative estimate of drug-likeness (QED) is 0.690. The SMILES string of the molecule is CC1(C)C2CCC(C2)C1(O)CBr. The lowest BCUT2D eigenvalue weighted by atomic mass is 9.66. The Morgan fingerprint density at radius 2 is 1.92 bits per heavy atom. The molecular formula is C10H17BrO. The van der Waals surface area contributed by atoms with Crippen molar-refractivity contribution in [2.75, 3.05) is 5.33 Å². The molecule has 2 aliphatic carbocycles. The van der Waals surface area contributed by atoms with E-state index in [0.29, 0.717) is 5.92 Å². The third-order valence-corrected chi connectivity index (χ3v) is 5.30. The van der Waals surface area contributed by atoms with E-state index in [2.05, 4.69) is 29.8 Å². The van der Waals surface area contributed by atoms with Crippen LogP contribution in [0.4, 0.5) is 0 Å². The average Bonchev–Trinajstić information content (AvgIpc) is 2.55. The molecule has 2 saturated carbocycles. The van der Waals surface area contributed by atoms with Gasteiger partial charge in [0, 0.05) is 5.33 Å². The van der Waals surface area contributed by atoms with Gasteiger partial charge >= 0.3 is 0 Å². The highest BCUT2D eigenvalue weighted by atomic mass is 79.9. The molecule has 3 atom stereocenters. The summed E-state index contributed by atoms with van der Waals surface area (Å²) in [6.07, 6.45) is 3.80. The molecule has 2 rings (SSSR count). The van der Waals surface area contributed by atoms with Crippen LogP contribution in [0.5, 0.6) is 0 Å². The lowest BCUT2D eigenvalue weighted by Crippen LogP contribution is -2.50. The predicted molar refractivity (Wildman–Crippen MR) is 53.4 cm³/mol. The summed E-state index contributed by atoms with van der Waals surface area (Å²) < 4.78 is 0. The molecule has 1 nitrogen and oxygen atoms in total. The number of halogens is 1. The molecule has 70 valence electrons. The summed E-state index contributed by atoms with van der Waals surface area (Å²) in [6, 6.07) is 0. The number of rotatable bonds is 1. The smallest absolute Gasteiger partial charge is 0.0825 e. The fraction of sp³-hybridized carbons (Fsp3) is 1.00. The Bertz CT molecular complexity index is 202. The Kier molecular flexibility index (Phi) is 1.86. The molecule has 2 heteroatoms. The highest BCUT2D eigenvalue weighted by molar-refractivity contribution is 9.09. The van der Waals surface area contributed by atoms with E-state index in [-0.39, 0.29) is 5.41 Å². The lowest BCUT2D eigenvalue weighted by molar-refractivity contribution is -0.0853. The predicted octanol–water partition coefficient (Wildman–Crippen LogP) is 2.57. The normalized spacial score (nSPS) is 50.0. The van der Waals surface area contributed by atoms with Crippen LogP contribution in [0, 0.1) is 17.3 Å². The zero-order valence-corrected chi connectivity index (χ0v) is 9.39. The van der Waals surface area contributed by atoms with E-state index >= 15 is 0 Å². The molecule has 12 heavy (non-hydrogen) atoms. The second-order valence-corrected chi connectivity index (χ2v) is 5.55. The highest BCUT2D eigenvalue weighted by Gasteiger charge is 2.61. The van der Waals surface area contributed by atoms with Crippen molar-refractivity contribution in [3.8, 4) is 0 Å². The largest absolute Gasteiger partial charge is 0.388 e. The maximum Gasteiger partial charge on any atom is 0.0825 e. The van der Waals surface area contributed by atoms with Crippen LogP contribution in [-0.4, -0.2) is 16.0 Å². The maximum absolute atomic E-state index is 10.5. The molecule has 3 unspecified atom stereocenters. The molecular weight excluding hydrogens is 216 g/mol. The van der Waals surface area contributed by atoms with Gasteiger partial charge in [0.15, 0.2) is 0 Å². The summed E-state index contributed by atoms with van der Waals surface area (Å²) in [7, 11) is 0. The van der Waals surface area contributed by atoms with Crippen LogP contribution in [-0.2, 0) is 0 Å². The van der Waals surface area contributed by atoms with Crippen LogP contribution in [0.3, 0.4) is 0 Å². The second kappa shape index (κ2) is 2.48. The van der Waals surface area contributed by atoms with Gasteiger partial charge in [-0.1, -0.05) is 29.8 Å². The van der Waals surface area contributed by atoms with E-state index in [0.717, 1.165) is 11.2 Å². The van der Waals surface area contributed by atoms with Crippen molar-refractivity contribution in [2.24, 2.45) is 17.3 Å². The third-order valence-electron chi connectivity index (χ3n) is 4.45. The number of hydrogen-bond donors (Lipinski definition) is 1. The van der Waals surface area contributed by atoms with Gasteiger partial charge in [0.2, 0.25) is 0 Å². The van der Waals surface area contributed by atoms with Gasteiger partial charge < -0.3 is 5.11 Å². The average molecular weight is 233 g/mol. The van der Waals surface area contributed by atoms with Crippen molar-refractivity contribution in [1.29, 1.82) is 0 Å². The van der Waals surface area contributed by atoms with Crippen LogP contribution in [0.2, 0.25) is 0 Å². The highest BCUT2D eigenvalue weighted by Crippen LogP contribution is 2.61. The van der Waals surface area contributed by atoms with E-state index in [4.69, 9.17) is 0 Å². The molecule has 0 radical (unpaired) electrons. The molecule has 2 fully saturated rings.